The first kappa shape index (κ1) is 14.8. The van der Waals surface area contributed by atoms with Crippen LogP contribution in [0, 0.1) is 0 Å². The molecular weight excluding hydrogens is 228 g/mol. The molecule has 0 fully saturated rings. The maximum Gasteiger partial charge on any atom is 0.160 e. The van der Waals surface area contributed by atoms with Gasteiger partial charge in [-0.15, -0.1) is 0 Å². The topological polar surface area (TPSA) is 47.7 Å². The number of likely N-dealkylation sites (N-methyl/N-ethyl adjacent to an activating group) is 1. The Hall–Kier alpha value is -1.26. The van der Waals surface area contributed by atoms with Crippen LogP contribution < -0.4 is 15.2 Å². The molecule has 0 bridgehead atoms. The molecule has 2 N–H and O–H groups in total. The summed E-state index contributed by atoms with van der Waals surface area (Å²) < 4.78 is 10.5. The number of nitrogens with two attached hydrogens (primary N) is 1. The summed E-state index contributed by atoms with van der Waals surface area (Å²) in [6.45, 7) is 3.80. The quantitative estimate of drug-likeness (QED) is 0.799. The van der Waals surface area contributed by atoms with Crippen molar-refractivity contribution >= 4 is 0 Å². The van der Waals surface area contributed by atoms with Crippen LogP contribution in [-0.2, 0) is 6.42 Å². The normalized spacial score (nSPS) is 12.6. The van der Waals surface area contributed by atoms with Crippen molar-refractivity contribution < 1.29 is 9.47 Å². The summed E-state index contributed by atoms with van der Waals surface area (Å²) in [5.41, 5.74) is 6.89. The number of hydrogen-bond donors (Lipinski definition) is 1. The number of benzene rings is 1. The molecule has 0 amide bonds. The second-order valence-corrected chi connectivity index (χ2v) is 4.50. The van der Waals surface area contributed by atoms with Gasteiger partial charge in [-0.3, -0.25) is 0 Å². The van der Waals surface area contributed by atoms with Crippen molar-refractivity contribution in [1.82, 2.24) is 4.90 Å². The fourth-order valence-corrected chi connectivity index (χ4v) is 1.74. The largest absolute Gasteiger partial charge is 0.493 e. The summed E-state index contributed by atoms with van der Waals surface area (Å²) in [6.07, 6.45) is 0.973. The molecule has 0 radical (unpaired) electrons. The molecule has 1 aromatic rings. The van der Waals surface area contributed by atoms with Crippen LogP contribution >= 0.6 is 0 Å². The van der Waals surface area contributed by atoms with Gasteiger partial charge >= 0.3 is 0 Å². The van der Waals surface area contributed by atoms with E-state index in [1.807, 2.05) is 12.1 Å². The van der Waals surface area contributed by atoms with Gasteiger partial charge in [0.15, 0.2) is 11.5 Å². The molecule has 0 aromatic heterocycles. The van der Waals surface area contributed by atoms with Crippen molar-refractivity contribution in [2.45, 2.75) is 19.4 Å². The van der Waals surface area contributed by atoms with E-state index < -0.39 is 0 Å². The number of ether oxygens (including phenoxy) is 2. The summed E-state index contributed by atoms with van der Waals surface area (Å²) in [6, 6.07) is 6.45. The highest BCUT2D eigenvalue weighted by atomic mass is 16.5. The van der Waals surface area contributed by atoms with Gasteiger partial charge in [-0.25, -0.2) is 0 Å². The highest BCUT2D eigenvalue weighted by Crippen LogP contribution is 2.27. The smallest absolute Gasteiger partial charge is 0.160 e. The maximum absolute atomic E-state index is 5.65. The molecule has 0 aliphatic heterocycles. The van der Waals surface area contributed by atoms with E-state index in [9.17, 15) is 0 Å². The molecule has 0 aliphatic rings. The van der Waals surface area contributed by atoms with Crippen molar-refractivity contribution in [1.29, 1.82) is 0 Å². The Bertz CT molecular complexity index is 369. The molecule has 0 aliphatic carbocycles. The monoisotopic (exact) mass is 252 g/mol. The lowest BCUT2D eigenvalue weighted by Crippen LogP contribution is -2.36. The molecule has 0 saturated carbocycles. The standard InChI is InChI=1S/C14H24N2O2/c1-11(10-15)16(2)8-7-12-5-6-13(17-3)14(9-12)18-4/h5-6,9,11H,7-8,10,15H2,1-4H3. The average molecular weight is 252 g/mol. The Morgan fingerprint density at radius 2 is 1.89 bits per heavy atom. The van der Waals surface area contributed by atoms with Gasteiger partial charge in [0.2, 0.25) is 0 Å². The minimum atomic E-state index is 0.408. The Morgan fingerprint density at radius 3 is 2.44 bits per heavy atom. The van der Waals surface area contributed by atoms with E-state index >= 15 is 0 Å². The Labute approximate surface area is 110 Å². The van der Waals surface area contributed by atoms with E-state index in [0.29, 0.717) is 12.6 Å². The van der Waals surface area contributed by atoms with Crippen LogP contribution in [0.15, 0.2) is 18.2 Å². The van der Waals surface area contributed by atoms with Crippen LogP contribution in [0.2, 0.25) is 0 Å². The Kier molecular flexibility index (Phi) is 5.95. The molecule has 1 atom stereocenters. The van der Waals surface area contributed by atoms with Gasteiger partial charge in [-0.1, -0.05) is 6.07 Å². The van der Waals surface area contributed by atoms with Crippen molar-refractivity contribution in [3.8, 4) is 11.5 Å². The second-order valence-electron chi connectivity index (χ2n) is 4.50. The minimum absolute atomic E-state index is 0.408. The van der Waals surface area contributed by atoms with E-state index in [0.717, 1.165) is 24.5 Å². The van der Waals surface area contributed by atoms with Gasteiger partial charge in [0.05, 0.1) is 14.2 Å². The van der Waals surface area contributed by atoms with Crippen molar-refractivity contribution in [3.05, 3.63) is 23.8 Å². The number of hydrogen-bond acceptors (Lipinski definition) is 4. The lowest BCUT2D eigenvalue weighted by molar-refractivity contribution is 0.266. The fourth-order valence-electron chi connectivity index (χ4n) is 1.74. The third kappa shape index (κ3) is 3.89. The van der Waals surface area contributed by atoms with Crippen LogP contribution in [0.3, 0.4) is 0 Å². The summed E-state index contributed by atoms with van der Waals surface area (Å²) in [5, 5.41) is 0. The highest BCUT2D eigenvalue weighted by molar-refractivity contribution is 5.42. The second kappa shape index (κ2) is 7.24. The van der Waals surface area contributed by atoms with E-state index in [1.165, 1.54) is 5.56 Å². The lowest BCUT2D eigenvalue weighted by Gasteiger charge is -2.23. The molecule has 1 aromatic carbocycles. The minimum Gasteiger partial charge on any atom is -0.493 e. The Morgan fingerprint density at radius 1 is 1.22 bits per heavy atom. The SMILES string of the molecule is COc1ccc(CCN(C)C(C)CN)cc1OC. The number of nitrogens with zero attached hydrogens (tertiary/aromatic N) is 1. The zero-order valence-corrected chi connectivity index (χ0v) is 11.8. The zero-order chi connectivity index (χ0) is 13.5. The van der Waals surface area contributed by atoms with E-state index in [4.69, 9.17) is 15.2 Å². The third-order valence-corrected chi connectivity index (χ3v) is 3.29. The molecule has 102 valence electrons. The molecule has 0 spiro atoms. The summed E-state index contributed by atoms with van der Waals surface area (Å²) in [5.74, 6) is 1.55. The lowest BCUT2D eigenvalue weighted by atomic mass is 10.1. The van der Waals surface area contributed by atoms with Crippen LogP contribution in [-0.4, -0.2) is 45.3 Å². The third-order valence-electron chi connectivity index (χ3n) is 3.29. The van der Waals surface area contributed by atoms with E-state index in [1.54, 1.807) is 14.2 Å². The van der Waals surface area contributed by atoms with Gasteiger partial charge < -0.3 is 20.1 Å². The highest BCUT2D eigenvalue weighted by Gasteiger charge is 2.08. The molecule has 1 unspecified atom stereocenters. The molecule has 0 heterocycles. The number of methoxy groups -OCH3 is 2. The van der Waals surface area contributed by atoms with E-state index in [2.05, 4.69) is 24.9 Å². The van der Waals surface area contributed by atoms with Crippen molar-refractivity contribution in [2.24, 2.45) is 5.73 Å². The van der Waals surface area contributed by atoms with Crippen molar-refractivity contribution in [2.75, 3.05) is 34.4 Å². The van der Waals surface area contributed by atoms with Gasteiger partial charge in [-0.2, -0.15) is 0 Å². The zero-order valence-electron chi connectivity index (χ0n) is 11.8. The summed E-state index contributed by atoms with van der Waals surface area (Å²) in [4.78, 5) is 2.26. The summed E-state index contributed by atoms with van der Waals surface area (Å²) in [7, 11) is 5.40. The molecule has 4 nitrogen and oxygen atoms in total. The van der Waals surface area contributed by atoms with Crippen molar-refractivity contribution in [3.63, 3.8) is 0 Å². The first-order chi connectivity index (χ1) is 8.62. The average Bonchev–Trinajstić information content (AvgIpc) is 2.43. The van der Waals surface area contributed by atoms with Gasteiger partial charge in [0.25, 0.3) is 0 Å². The van der Waals surface area contributed by atoms with Gasteiger partial charge in [-0.05, 0) is 38.1 Å². The van der Waals surface area contributed by atoms with Crippen LogP contribution in [0.5, 0.6) is 11.5 Å². The molecule has 4 heteroatoms. The first-order valence-electron chi connectivity index (χ1n) is 6.23. The first-order valence-corrected chi connectivity index (χ1v) is 6.23. The maximum atomic E-state index is 5.65. The van der Waals surface area contributed by atoms with Crippen LogP contribution in [0.25, 0.3) is 0 Å². The predicted molar refractivity (Wildman–Crippen MR) is 74.4 cm³/mol. The molecule has 1 rings (SSSR count). The fraction of sp³-hybridized carbons (Fsp3) is 0.571. The molecule has 0 saturated heterocycles. The van der Waals surface area contributed by atoms with Gasteiger partial charge in [0.1, 0.15) is 0 Å². The Balaban J connectivity index is 2.63. The van der Waals surface area contributed by atoms with Crippen LogP contribution in [0.1, 0.15) is 12.5 Å². The molecular formula is C14H24N2O2. The number of rotatable bonds is 7. The van der Waals surface area contributed by atoms with E-state index in [-0.39, 0.29) is 0 Å². The summed E-state index contributed by atoms with van der Waals surface area (Å²) >= 11 is 0. The predicted octanol–water partition coefficient (Wildman–Crippen LogP) is 1.53. The van der Waals surface area contributed by atoms with Crippen LogP contribution in [0.4, 0.5) is 0 Å². The van der Waals surface area contributed by atoms with Gasteiger partial charge in [0, 0.05) is 19.1 Å². The molecule has 18 heavy (non-hydrogen) atoms.